The van der Waals surface area contributed by atoms with E-state index < -0.39 is 23.9 Å². The van der Waals surface area contributed by atoms with Gasteiger partial charge in [0.05, 0.1) is 0 Å². The molecule has 0 bridgehead atoms. The molecule has 0 radical (unpaired) electrons. The van der Waals surface area contributed by atoms with Crippen LogP contribution in [0.5, 0.6) is 0 Å². The van der Waals surface area contributed by atoms with Crippen LogP contribution in [0, 0.1) is 0 Å². The predicted molar refractivity (Wildman–Crippen MR) is 109 cm³/mol. The van der Waals surface area contributed by atoms with Gasteiger partial charge in [-0.2, -0.15) is 5.06 Å². The van der Waals surface area contributed by atoms with Gasteiger partial charge in [0.15, 0.2) is 6.10 Å². The number of hydrogen-bond donors (Lipinski definition) is 1. The van der Waals surface area contributed by atoms with Crippen LogP contribution in [0.25, 0.3) is 0 Å². The number of carboxylic acid groups (broad SMARTS) is 1. The highest BCUT2D eigenvalue weighted by Gasteiger charge is 2.34. The summed E-state index contributed by atoms with van der Waals surface area (Å²) in [5.74, 6) is -2.08. The molecule has 7 nitrogen and oxygen atoms in total. The molecule has 0 aromatic heterocycles. The third kappa shape index (κ3) is 11.5. The number of rotatable bonds is 18. The number of unbranched alkanes of at least 4 members (excludes halogenated alkanes) is 10. The zero-order valence-electron chi connectivity index (χ0n) is 17.4. The summed E-state index contributed by atoms with van der Waals surface area (Å²) >= 11 is 0. The van der Waals surface area contributed by atoms with E-state index in [1.54, 1.807) is 0 Å². The summed E-state index contributed by atoms with van der Waals surface area (Å²) in [6.45, 7) is 0. The Kier molecular flexibility index (Phi) is 13.7. The molecule has 0 spiro atoms. The van der Waals surface area contributed by atoms with Gasteiger partial charge < -0.3 is 9.90 Å². The topological polar surface area (TPSA) is 101 Å². The zero-order chi connectivity index (χ0) is 21.3. The highest BCUT2D eigenvalue weighted by molar-refractivity contribution is 6.00. The first-order chi connectivity index (χ1) is 14.1. The van der Waals surface area contributed by atoms with Gasteiger partial charge in [-0.25, -0.2) is 9.63 Å². The van der Waals surface area contributed by atoms with Crippen LogP contribution in [0.2, 0.25) is 0 Å². The first-order valence-electron chi connectivity index (χ1n) is 10.9. The SMILES string of the molecule is O=CCCCCCCCC=CCCCCCCC(ON1C(=O)CCC1=O)C(=O)O. The Balaban J connectivity index is 2.00. The van der Waals surface area contributed by atoms with Crippen LogP contribution in [0.15, 0.2) is 12.2 Å². The van der Waals surface area contributed by atoms with Gasteiger partial charge in [0, 0.05) is 19.3 Å². The second-order valence-corrected chi connectivity index (χ2v) is 7.49. The molecule has 7 heteroatoms. The lowest BCUT2D eigenvalue weighted by molar-refractivity contribution is -0.209. The fraction of sp³-hybridized carbons (Fsp3) is 0.727. The van der Waals surface area contributed by atoms with Gasteiger partial charge in [-0.3, -0.25) is 9.59 Å². The van der Waals surface area contributed by atoms with Crippen molar-refractivity contribution in [2.24, 2.45) is 0 Å². The molecule has 0 saturated carbocycles. The van der Waals surface area contributed by atoms with Crippen LogP contribution in [0.1, 0.15) is 96.3 Å². The molecule has 1 aliphatic rings. The molecule has 0 aromatic carbocycles. The van der Waals surface area contributed by atoms with Gasteiger partial charge in [-0.1, -0.05) is 50.7 Å². The second kappa shape index (κ2) is 15.9. The van der Waals surface area contributed by atoms with E-state index in [4.69, 9.17) is 4.84 Å². The molecule has 1 rings (SSSR count). The fourth-order valence-electron chi connectivity index (χ4n) is 3.22. The van der Waals surface area contributed by atoms with Gasteiger partial charge in [0.2, 0.25) is 0 Å². The molecular weight excluding hydrogens is 374 g/mol. The van der Waals surface area contributed by atoms with E-state index in [-0.39, 0.29) is 19.3 Å². The Morgan fingerprint density at radius 1 is 0.862 bits per heavy atom. The molecule has 29 heavy (non-hydrogen) atoms. The first kappa shape index (κ1) is 25.0. The van der Waals surface area contributed by atoms with Crippen LogP contribution in [0.3, 0.4) is 0 Å². The lowest BCUT2D eigenvalue weighted by Crippen LogP contribution is -2.37. The molecule has 1 heterocycles. The lowest BCUT2D eigenvalue weighted by Gasteiger charge is -2.19. The van der Waals surface area contributed by atoms with Crippen molar-refractivity contribution in [1.82, 2.24) is 5.06 Å². The summed E-state index contributed by atoms with van der Waals surface area (Å²) in [4.78, 5) is 49.7. The number of nitrogens with zero attached hydrogens (tertiary/aromatic N) is 1. The van der Waals surface area contributed by atoms with Crippen molar-refractivity contribution in [3.63, 3.8) is 0 Å². The number of amides is 2. The minimum Gasteiger partial charge on any atom is -0.479 e. The van der Waals surface area contributed by atoms with Crippen molar-refractivity contribution in [2.75, 3.05) is 0 Å². The average Bonchev–Trinajstić information content (AvgIpc) is 3.01. The smallest absolute Gasteiger partial charge is 0.335 e. The Morgan fingerprint density at radius 2 is 1.34 bits per heavy atom. The summed E-state index contributed by atoms with van der Waals surface area (Å²) in [5, 5.41) is 9.84. The molecule has 0 aromatic rings. The number of imide groups is 1. The van der Waals surface area contributed by atoms with Crippen molar-refractivity contribution in [3.05, 3.63) is 12.2 Å². The van der Waals surface area contributed by atoms with Crippen molar-refractivity contribution < 1.29 is 29.1 Å². The van der Waals surface area contributed by atoms with Crippen LogP contribution >= 0.6 is 0 Å². The zero-order valence-corrected chi connectivity index (χ0v) is 17.4. The molecule has 0 aliphatic carbocycles. The maximum absolute atomic E-state index is 11.5. The Labute approximate surface area is 173 Å². The van der Waals surface area contributed by atoms with Gasteiger partial charge in [0.25, 0.3) is 11.8 Å². The number of aldehydes is 1. The lowest BCUT2D eigenvalue weighted by atomic mass is 10.1. The number of aliphatic carboxylic acids is 1. The van der Waals surface area contributed by atoms with Gasteiger partial charge >= 0.3 is 5.97 Å². The van der Waals surface area contributed by atoms with Gasteiger partial charge in [-0.05, 0) is 38.5 Å². The number of carbonyl (C=O) groups is 4. The molecule has 1 N–H and O–H groups in total. The number of hydroxylamine groups is 2. The molecule has 1 atom stereocenters. The Morgan fingerprint density at radius 3 is 1.86 bits per heavy atom. The fourth-order valence-corrected chi connectivity index (χ4v) is 3.22. The minimum absolute atomic E-state index is 0.0834. The number of hydrogen-bond acceptors (Lipinski definition) is 5. The highest BCUT2D eigenvalue weighted by Crippen LogP contribution is 2.17. The highest BCUT2D eigenvalue weighted by atomic mass is 16.7. The largest absolute Gasteiger partial charge is 0.479 e. The molecule has 1 unspecified atom stereocenters. The maximum atomic E-state index is 11.5. The van der Waals surface area contributed by atoms with E-state index in [0.717, 1.165) is 51.2 Å². The second-order valence-electron chi connectivity index (χ2n) is 7.49. The molecule has 1 saturated heterocycles. The number of carboxylic acids is 1. The Hall–Kier alpha value is -2.02. The van der Waals surface area contributed by atoms with E-state index in [9.17, 15) is 24.3 Å². The van der Waals surface area contributed by atoms with Crippen molar-refractivity contribution in [2.45, 2.75) is 102 Å². The molecule has 1 fully saturated rings. The Bertz CT molecular complexity index is 529. The predicted octanol–water partition coefficient (Wildman–Crippen LogP) is 4.35. The van der Waals surface area contributed by atoms with E-state index in [1.807, 2.05) is 0 Å². The quantitative estimate of drug-likeness (QED) is 0.156. The third-order valence-corrected chi connectivity index (χ3v) is 4.96. The third-order valence-electron chi connectivity index (χ3n) is 4.96. The standard InChI is InChI=1S/C22H35NO6/c24-18-14-12-10-8-6-4-2-1-3-5-7-9-11-13-15-19(22(27)28)29-23-20(25)16-17-21(23)26/h1,3,18-19H,2,4-17H2,(H,27,28). The van der Waals surface area contributed by atoms with Crippen LogP contribution < -0.4 is 0 Å². The monoisotopic (exact) mass is 409 g/mol. The molecule has 164 valence electrons. The van der Waals surface area contributed by atoms with E-state index >= 15 is 0 Å². The van der Waals surface area contributed by atoms with E-state index in [1.165, 1.54) is 19.3 Å². The summed E-state index contributed by atoms with van der Waals surface area (Å²) in [6.07, 6.45) is 16.9. The van der Waals surface area contributed by atoms with Gasteiger partial charge in [0.1, 0.15) is 6.29 Å². The van der Waals surface area contributed by atoms with Crippen molar-refractivity contribution >= 4 is 24.1 Å². The number of allylic oxidation sites excluding steroid dienone is 2. The summed E-state index contributed by atoms with van der Waals surface area (Å²) in [6, 6.07) is 0. The average molecular weight is 410 g/mol. The molecular formula is C22H35NO6. The normalized spacial score (nSPS) is 15.4. The van der Waals surface area contributed by atoms with Crippen molar-refractivity contribution in [3.8, 4) is 0 Å². The van der Waals surface area contributed by atoms with Crippen LogP contribution in [-0.2, 0) is 24.0 Å². The summed E-state index contributed by atoms with van der Waals surface area (Å²) in [5.41, 5.74) is 0. The summed E-state index contributed by atoms with van der Waals surface area (Å²) < 4.78 is 0. The number of carbonyl (C=O) groups excluding carboxylic acids is 3. The summed E-state index contributed by atoms with van der Waals surface area (Å²) in [7, 11) is 0. The minimum atomic E-state index is -1.15. The maximum Gasteiger partial charge on any atom is 0.335 e. The first-order valence-corrected chi connectivity index (χ1v) is 10.9. The van der Waals surface area contributed by atoms with E-state index in [2.05, 4.69) is 12.2 Å². The van der Waals surface area contributed by atoms with E-state index in [0.29, 0.717) is 17.9 Å². The van der Waals surface area contributed by atoms with Crippen LogP contribution in [0.4, 0.5) is 0 Å². The molecule has 2 amide bonds. The van der Waals surface area contributed by atoms with Crippen molar-refractivity contribution in [1.29, 1.82) is 0 Å². The van der Waals surface area contributed by atoms with Crippen LogP contribution in [-0.4, -0.2) is 40.3 Å². The van der Waals surface area contributed by atoms with Gasteiger partial charge in [-0.15, -0.1) is 0 Å². The molecule has 1 aliphatic heterocycles.